The number of carboxylic acids is 1. The van der Waals surface area contributed by atoms with Gasteiger partial charge in [-0.05, 0) is 22.9 Å². The maximum absolute atomic E-state index is 10.7. The highest BCUT2D eigenvalue weighted by Gasteiger charge is 2.16. The molecule has 0 bridgehead atoms. The zero-order valence-corrected chi connectivity index (χ0v) is 8.27. The van der Waals surface area contributed by atoms with Crippen LogP contribution in [0.25, 0.3) is 11.2 Å². The smallest absolute Gasteiger partial charge is 0.353 e. The van der Waals surface area contributed by atoms with Gasteiger partial charge in [0.2, 0.25) is 0 Å². The van der Waals surface area contributed by atoms with Crippen molar-refractivity contribution in [1.29, 1.82) is 0 Å². The Hall–Kier alpha value is -1.30. The number of nitrogens with zero attached hydrogens (tertiary/aromatic N) is 1. The second-order valence-corrected chi connectivity index (χ2v) is 3.46. The van der Waals surface area contributed by atoms with Gasteiger partial charge in [-0.15, -0.1) is 0 Å². The third-order valence-electron chi connectivity index (χ3n) is 1.72. The number of hydrogen-bond donors (Lipinski definition) is 3. The Morgan fingerprint density at radius 2 is 2.23 bits per heavy atom. The zero-order valence-electron chi connectivity index (χ0n) is 6.68. The Morgan fingerprint density at radius 1 is 1.54 bits per heavy atom. The first kappa shape index (κ1) is 8.31. The van der Waals surface area contributed by atoms with Gasteiger partial charge in [0.25, 0.3) is 0 Å². The number of rotatable bonds is 1. The number of halogens is 1. The van der Waals surface area contributed by atoms with E-state index >= 15 is 0 Å². The molecule has 0 saturated heterocycles. The van der Waals surface area contributed by atoms with Crippen molar-refractivity contribution in [3.05, 3.63) is 16.0 Å². The molecule has 0 aliphatic carbocycles. The summed E-state index contributed by atoms with van der Waals surface area (Å²) in [6, 6.07) is 0. The second-order valence-electron chi connectivity index (χ2n) is 2.66. The van der Waals surface area contributed by atoms with E-state index in [0.717, 1.165) is 5.82 Å². The van der Waals surface area contributed by atoms with Gasteiger partial charge in [0.15, 0.2) is 5.65 Å². The Balaban J connectivity index is 2.76. The SMILES string of the molecule is Cc1nc2[nH]c(C(=O)O)c(Br)c2[nH]1. The number of carboxylic acid groups (broad SMARTS) is 1. The molecule has 2 aromatic rings. The molecule has 3 N–H and O–H groups in total. The molecule has 0 saturated carbocycles. The van der Waals surface area contributed by atoms with Gasteiger partial charge in [0, 0.05) is 0 Å². The van der Waals surface area contributed by atoms with Crippen molar-refractivity contribution in [2.45, 2.75) is 6.92 Å². The van der Waals surface area contributed by atoms with E-state index < -0.39 is 5.97 Å². The summed E-state index contributed by atoms with van der Waals surface area (Å²) in [5.74, 6) is -0.255. The van der Waals surface area contributed by atoms with E-state index in [2.05, 4.69) is 30.9 Å². The van der Waals surface area contributed by atoms with E-state index in [4.69, 9.17) is 5.11 Å². The number of aryl methyl sites for hydroxylation is 1. The van der Waals surface area contributed by atoms with E-state index in [1.54, 1.807) is 6.92 Å². The lowest BCUT2D eigenvalue weighted by Crippen LogP contribution is -1.97. The van der Waals surface area contributed by atoms with Crippen LogP contribution in [0.5, 0.6) is 0 Å². The highest BCUT2D eigenvalue weighted by Crippen LogP contribution is 2.25. The first-order chi connectivity index (χ1) is 6.09. The minimum atomic E-state index is -1.00. The fourth-order valence-corrected chi connectivity index (χ4v) is 1.74. The number of nitrogens with one attached hydrogen (secondary N) is 2. The lowest BCUT2D eigenvalue weighted by Gasteiger charge is -1.88. The quantitative estimate of drug-likeness (QED) is 0.713. The van der Waals surface area contributed by atoms with Crippen LogP contribution in [0.15, 0.2) is 4.47 Å². The summed E-state index contributed by atoms with van der Waals surface area (Å²) in [5.41, 5.74) is 1.37. The fraction of sp³-hybridized carbons (Fsp3) is 0.143. The van der Waals surface area contributed by atoms with Gasteiger partial charge in [0.05, 0.1) is 9.99 Å². The Labute approximate surface area is 81.3 Å². The zero-order chi connectivity index (χ0) is 9.59. The maximum Gasteiger partial charge on any atom is 0.353 e. The molecule has 2 heterocycles. The topological polar surface area (TPSA) is 81.8 Å². The number of aromatic amines is 2. The predicted octanol–water partition coefficient (Wildman–Crippen LogP) is 1.66. The molecule has 0 unspecified atom stereocenters. The molecule has 0 amide bonds. The van der Waals surface area contributed by atoms with E-state index in [0.29, 0.717) is 15.6 Å². The third kappa shape index (κ3) is 1.14. The summed E-state index contributed by atoms with van der Waals surface area (Å²) in [6.45, 7) is 1.81. The molecule has 0 aliphatic heterocycles. The summed E-state index contributed by atoms with van der Waals surface area (Å²) >= 11 is 3.18. The lowest BCUT2D eigenvalue weighted by molar-refractivity contribution is 0.0690. The van der Waals surface area contributed by atoms with Crippen LogP contribution < -0.4 is 0 Å². The van der Waals surface area contributed by atoms with Gasteiger partial charge >= 0.3 is 5.97 Å². The number of carbonyl (C=O) groups is 1. The number of aromatic nitrogens is 3. The Bertz CT molecular complexity index is 485. The summed E-state index contributed by atoms with van der Waals surface area (Å²) in [6.07, 6.45) is 0. The molecule has 5 nitrogen and oxygen atoms in total. The number of imidazole rings is 1. The highest BCUT2D eigenvalue weighted by molar-refractivity contribution is 9.10. The van der Waals surface area contributed by atoms with Crippen molar-refractivity contribution in [2.24, 2.45) is 0 Å². The molecule has 0 spiro atoms. The van der Waals surface area contributed by atoms with Crippen LogP contribution in [0.1, 0.15) is 16.3 Å². The van der Waals surface area contributed by atoms with Crippen LogP contribution in [0.4, 0.5) is 0 Å². The number of fused-ring (bicyclic) bond motifs is 1. The van der Waals surface area contributed by atoms with Crippen LogP contribution in [0.2, 0.25) is 0 Å². The molecule has 0 atom stereocenters. The van der Waals surface area contributed by atoms with E-state index in [-0.39, 0.29) is 5.69 Å². The molecule has 68 valence electrons. The summed E-state index contributed by atoms with van der Waals surface area (Å²) < 4.78 is 0.510. The number of hydrogen-bond acceptors (Lipinski definition) is 2. The maximum atomic E-state index is 10.7. The molecule has 2 aromatic heterocycles. The largest absolute Gasteiger partial charge is 0.477 e. The monoisotopic (exact) mass is 243 g/mol. The lowest BCUT2D eigenvalue weighted by atomic mass is 10.4. The van der Waals surface area contributed by atoms with Crippen molar-refractivity contribution in [3.8, 4) is 0 Å². The van der Waals surface area contributed by atoms with Gasteiger partial charge < -0.3 is 15.1 Å². The van der Waals surface area contributed by atoms with Gasteiger partial charge in [-0.2, -0.15) is 0 Å². The fourth-order valence-electron chi connectivity index (χ4n) is 1.19. The Morgan fingerprint density at radius 3 is 2.77 bits per heavy atom. The Kier molecular flexibility index (Phi) is 1.66. The minimum absolute atomic E-state index is 0.119. The first-order valence-electron chi connectivity index (χ1n) is 3.56. The van der Waals surface area contributed by atoms with Gasteiger partial charge in [0.1, 0.15) is 11.5 Å². The van der Waals surface area contributed by atoms with E-state index in [9.17, 15) is 4.79 Å². The van der Waals surface area contributed by atoms with Gasteiger partial charge in [-0.25, -0.2) is 9.78 Å². The molecular weight excluding hydrogens is 238 g/mol. The first-order valence-corrected chi connectivity index (χ1v) is 4.36. The van der Waals surface area contributed by atoms with Crippen LogP contribution >= 0.6 is 15.9 Å². The van der Waals surface area contributed by atoms with Crippen molar-refractivity contribution in [1.82, 2.24) is 15.0 Å². The normalized spacial score (nSPS) is 10.9. The number of aromatic carboxylic acids is 1. The van der Waals surface area contributed by atoms with Crippen molar-refractivity contribution < 1.29 is 9.90 Å². The van der Waals surface area contributed by atoms with Gasteiger partial charge in [-0.3, -0.25) is 0 Å². The minimum Gasteiger partial charge on any atom is -0.477 e. The molecule has 0 fully saturated rings. The summed E-state index contributed by atoms with van der Waals surface area (Å²) in [5, 5.41) is 8.75. The summed E-state index contributed by atoms with van der Waals surface area (Å²) in [4.78, 5) is 20.4. The average molecular weight is 244 g/mol. The summed E-state index contributed by atoms with van der Waals surface area (Å²) in [7, 11) is 0. The van der Waals surface area contributed by atoms with Crippen molar-refractivity contribution in [2.75, 3.05) is 0 Å². The number of H-pyrrole nitrogens is 2. The van der Waals surface area contributed by atoms with E-state index in [1.165, 1.54) is 0 Å². The molecule has 13 heavy (non-hydrogen) atoms. The van der Waals surface area contributed by atoms with Crippen LogP contribution in [0.3, 0.4) is 0 Å². The molecular formula is C7H6BrN3O2. The molecule has 0 radical (unpaired) electrons. The molecule has 0 aromatic carbocycles. The predicted molar refractivity (Wildman–Crippen MR) is 49.8 cm³/mol. The van der Waals surface area contributed by atoms with Crippen molar-refractivity contribution >= 4 is 33.1 Å². The van der Waals surface area contributed by atoms with Crippen LogP contribution in [-0.4, -0.2) is 26.0 Å². The van der Waals surface area contributed by atoms with Crippen LogP contribution in [0, 0.1) is 6.92 Å². The van der Waals surface area contributed by atoms with E-state index in [1.807, 2.05) is 0 Å². The van der Waals surface area contributed by atoms with Crippen molar-refractivity contribution in [3.63, 3.8) is 0 Å². The molecule has 0 aliphatic rings. The highest BCUT2D eigenvalue weighted by atomic mass is 79.9. The molecule has 6 heteroatoms. The third-order valence-corrected chi connectivity index (χ3v) is 2.51. The van der Waals surface area contributed by atoms with Gasteiger partial charge in [-0.1, -0.05) is 0 Å². The standard InChI is InChI=1S/C7H6BrN3O2/c1-2-9-4-3(8)5(7(12)13)11-6(4)10-2/h11H,1H3,(H,9,10)(H,12,13). The van der Waals surface area contributed by atoms with Crippen LogP contribution in [-0.2, 0) is 0 Å². The second kappa shape index (κ2) is 2.59. The molecule has 2 rings (SSSR count). The average Bonchev–Trinajstić information content (AvgIpc) is 2.51.